The number of carbonyl (C=O) groups is 1. The molecule has 0 spiro atoms. The Morgan fingerprint density at radius 3 is 2.55 bits per heavy atom. The normalized spacial score (nSPS) is 32.3. The summed E-state index contributed by atoms with van der Waals surface area (Å²) in [5.41, 5.74) is 6.86. The van der Waals surface area contributed by atoms with Crippen molar-refractivity contribution in [3.05, 3.63) is 24.0 Å². The van der Waals surface area contributed by atoms with Crippen LogP contribution < -0.4 is 11.1 Å². The van der Waals surface area contributed by atoms with E-state index in [1.807, 2.05) is 29.9 Å². The van der Waals surface area contributed by atoms with Crippen LogP contribution >= 0.6 is 12.4 Å². The fourth-order valence-electron chi connectivity index (χ4n) is 3.95. The number of aromatic nitrogens is 1. The number of hydrogen-bond acceptors (Lipinski definition) is 2. The molecule has 4 nitrogen and oxygen atoms in total. The van der Waals surface area contributed by atoms with Crippen molar-refractivity contribution in [2.24, 2.45) is 24.6 Å². The molecule has 2 fully saturated rings. The summed E-state index contributed by atoms with van der Waals surface area (Å²) in [7, 11) is 1.91. The summed E-state index contributed by atoms with van der Waals surface area (Å²) < 4.78 is 1.87. The highest BCUT2D eigenvalue weighted by Crippen LogP contribution is 2.39. The van der Waals surface area contributed by atoms with Crippen LogP contribution in [0.1, 0.15) is 42.6 Å². The van der Waals surface area contributed by atoms with E-state index in [9.17, 15) is 4.79 Å². The number of nitrogens with two attached hydrogens (primary N) is 1. The van der Waals surface area contributed by atoms with Crippen molar-refractivity contribution >= 4 is 18.3 Å². The highest BCUT2D eigenvalue weighted by atomic mass is 35.5. The minimum absolute atomic E-state index is 0. The number of rotatable bonds is 2. The molecule has 2 aliphatic rings. The largest absolute Gasteiger partial charge is 0.347 e. The Kier molecular flexibility index (Phi) is 4.76. The number of nitrogens with one attached hydrogen (secondary N) is 1. The Morgan fingerprint density at radius 1 is 1.35 bits per heavy atom. The van der Waals surface area contributed by atoms with Gasteiger partial charge in [0.1, 0.15) is 5.69 Å². The van der Waals surface area contributed by atoms with Crippen LogP contribution in [-0.4, -0.2) is 22.6 Å². The van der Waals surface area contributed by atoms with Crippen LogP contribution in [0, 0.1) is 11.8 Å². The van der Waals surface area contributed by atoms with Gasteiger partial charge in [0.05, 0.1) is 0 Å². The lowest BCUT2D eigenvalue weighted by atomic mass is 9.67. The molecule has 0 saturated heterocycles. The minimum Gasteiger partial charge on any atom is -0.347 e. The summed E-state index contributed by atoms with van der Waals surface area (Å²) >= 11 is 0. The number of carbonyl (C=O) groups excluding carboxylic acids is 1. The van der Waals surface area contributed by atoms with Gasteiger partial charge >= 0.3 is 0 Å². The van der Waals surface area contributed by atoms with Crippen LogP contribution in [0.4, 0.5) is 0 Å². The zero-order valence-electron chi connectivity index (χ0n) is 11.9. The van der Waals surface area contributed by atoms with Crippen molar-refractivity contribution < 1.29 is 4.79 Å². The van der Waals surface area contributed by atoms with Gasteiger partial charge in [-0.15, -0.1) is 12.4 Å². The van der Waals surface area contributed by atoms with Crippen LogP contribution in [-0.2, 0) is 7.05 Å². The van der Waals surface area contributed by atoms with Crippen molar-refractivity contribution in [3.8, 4) is 0 Å². The maximum absolute atomic E-state index is 12.3. The van der Waals surface area contributed by atoms with Crippen LogP contribution in [0.2, 0.25) is 0 Å². The van der Waals surface area contributed by atoms with Gasteiger partial charge < -0.3 is 15.6 Å². The van der Waals surface area contributed by atoms with E-state index in [0.29, 0.717) is 23.9 Å². The molecule has 0 aliphatic heterocycles. The smallest absolute Gasteiger partial charge is 0.268 e. The standard InChI is InChI=1S/C15H23N3O.ClH/c1-18-7-3-6-13(18)15(19)17-14-10-4-2-5-11(14)9-12(16)8-10;/h3,6-7,10-12,14H,2,4-5,8-9,16H2,1H3,(H,17,19);1H. The highest BCUT2D eigenvalue weighted by Gasteiger charge is 2.40. The Hall–Kier alpha value is -1.00. The third-order valence-corrected chi connectivity index (χ3v) is 4.85. The van der Waals surface area contributed by atoms with E-state index in [1.54, 1.807) is 0 Å². The number of nitrogens with zero attached hydrogens (tertiary/aromatic N) is 1. The SMILES string of the molecule is Cl.Cn1cccc1C(=O)NC1C2CCCC1CC(N)C2. The molecule has 2 atom stereocenters. The van der Waals surface area contributed by atoms with E-state index in [1.165, 1.54) is 19.3 Å². The highest BCUT2D eigenvalue weighted by molar-refractivity contribution is 5.92. The van der Waals surface area contributed by atoms with Gasteiger partial charge in [-0.1, -0.05) is 6.42 Å². The van der Waals surface area contributed by atoms with E-state index in [-0.39, 0.29) is 18.3 Å². The quantitative estimate of drug-likeness (QED) is 0.878. The van der Waals surface area contributed by atoms with E-state index >= 15 is 0 Å². The fraction of sp³-hybridized carbons (Fsp3) is 0.667. The Morgan fingerprint density at radius 2 is 2.00 bits per heavy atom. The molecular weight excluding hydrogens is 274 g/mol. The van der Waals surface area contributed by atoms with Crippen molar-refractivity contribution in [3.63, 3.8) is 0 Å². The molecule has 1 heterocycles. The molecule has 1 aromatic heterocycles. The number of aryl methyl sites for hydroxylation is 1. The molecule has 2 aliphatic carbocycles. The summed E-state index contributed by atoms with van der Waals surface area (Å²) in [5, 5.41) is 3.27. The predicted molar refractivity (Wildman–Crippen MR) is 82.0 cm³/mol. The molecule has 2 bridgehead atoms. The first-order valence-corrected chi connectivity index (χ1v) is 7.33. The molecule has 3 rings (SSSR count). The fourth-order valence-corrected chi connectivity index (χ4v) is 3.95. The van der Waals surface area contributed by atoms with E-state index < -0.39 is 0 Å². The molecular formula is C15H24ClN3O. The molecule has 0 radical (unpaired) electrons. The average molecular weight is 298 g/mol. The lowest BCUT2D eigenvalue weighted by Crippen LogP contribution is -2.53. The van der Waals surface area contributed by atoms with E-state index in [2.05, 4.69) is 5.32 Å². The zero-order chi connectivity index (χ0) is 13.4. The second kappa shape index (κ2) is 6.19. The first kappa shape index (κ1) is 15.4. The van der Waals surface area contributed by atoms with E-state index in [4.69, 9.17) is 5.73 Å². The Bertz CT molecular complexity index is 459. The molecule has 20 heavy (non-hydrogen) atoms. The maximum Gasteiger partial charge on any atom is 0.268 e. The molecule has 2 saturated carbocycles. The monoisotopic (exact) mass is 297 g/mol. The summed E-state index contributed by atoms with van der Waals surface area (Å²) in [6.45, 7) is 0. The Balaban J connectivity index is 0.00000147. The molecule has 1 aromatic rings. The second-order valence-electron chi connectivity index (χ2n) is 6.19. The Labute approximate surface area is 126 Å². The molecule has 3 N–H and O–H groups in total. The van der Waals surface area contributed by atoms with Gasteiger partial charge in [-0.3, -0.25) is 4.79 Å². The van der Waals surface area contributed by atoms with Crippen LogP contribution in [0.5, 0.6) is 0 Å². The number of amides is 1. The summed E-state index contributed by atoms with van der Waals surface area (Å²) in [4.78, 5) is 12.3. The molecule has 5 heteroatoms. The lowest BCUT2D eigenvalue weighted by molar-refractivity contribution is 0.0749. The third-order valence-electron chi connectivity index (χ3n) is 4.85. The molecule has 2 unspecified atom stereocenters. The number of fused-ring (bicyclic) bond motifs is 2. The first-order chi connectivity index (χ1) is 9.15. The predicted octanol–water partition coefficient (Wildman–Crippen LogP) is 2.08. The van der Waals surface area contributed by atoms with Crippen LogP contribution in [0.25, 0.3) is 0 Å². The van der Waals surface area contributed by atoms with Gasteiger partial charge in [0.15, 0.2) is 0 Å². The van der Waals surface area contributed by atoms with Gasteiger partial charge in [-0.2, -0.15) is 0 Å². The van der Waals surface area contributed by atoms with Crippen LogP contribution in [0.15, 0.2) is 18.3 Å². The van der Waals surface area contributed by atoms with Crippen molar-refractivity contribution in [2.75, 3.05) is 0 Å². The van der Waals surface area contributed by atoms with E-state index in [0.717, 1.165) is 18.5 Å². The topological polar surface area (TPSA) is 60.0 Å². The maximum atomic E-state index is 12.3. The van der Waals surface area contributed by atoms with Gasteiger partial charge in [-0.25, -0.2) is 0 Å². The first-order valence-electron chi connectivity index (χ1n) is 7.33. The number of hydrogen-bond donors (Lipinski definition) is 2. The summed E-state index contributed by atoms with van der Waals surface area (Å²) in [6, 6.07) is 4.45. The van der Waals surface area contributed by atoms with Gasteiger partial charge in [-0.05, 0) is 49.7 Å². The van der Waals surface area contributed by atoms with Crippen molar-refractivity contribution in [1.82, 2.24) is 9.88 Å². The summed E-state index contributed by atoms with van der Waals surface area (Å²) in [6.07, 6.45) is 7.75. The van der Waals surface area contributed by atoms with Gasteiger partial charge in [0, 0.05) is 25.3 Å². The molecule has 112 valence electrons. The second-order valence-corrected chi connectivity index (χ2v) is 6.19. The van der Waals surface area contributed by atoms with Crippen molar-refractivity contribution in [2.45, 2.75) is 44.2 Å². The van der Waals surface area contributed by atoms with Gasteiger partial charge in [0.25, 0.3) is 5.91 Å². The minimum atomic E-state index is 0. The zero-order valence-corrected chi connectivity index (χ0v) is 12.7. The summed E-state index contributed by atoms with van der Waals surface area (Å²) in [5.74, 6) is 1.21. The molecule has 0 aromatic carbocycles. The van der Waals surface area contributed by atoms with Crippen molar-refractivity contribution in [1.29, 1.82) is 0 Å². The average Bonchev–Trinajstić information content (AvgIpc) is 2.76. The van der Waals surface area contributed by atoms with Gasteiger partial charge in [0.2, 0.25) is 0 Å². The third kappa shape index (κ3) is 2.86. The number of halogens is 1. The van der Waals surface area contributed by atoms with Crippen LogP contribution in [0.3, 0.4) is 0 Å². The lowest BCUT2D eigenvalue weighted by Gasteiger charge is -2.45. The molecule has 1 amide bonds.